The lowest BCUT2D eigenvalue weighted by Gasteiger charge is -2.59. The van der Waals surface area contributed by atoms with Crippen LogP contribution in [-0.2, 0) is 0 Å². The molecule has 4 aliphatic carbocycles. The second-order valence-corrected chi connectivity index (χ2v) is 12.5. The molecule has 0 unspecified atom stereocenters. The fourth-order valence-electron chi connectivity index (χ4n) is 8.71. The molecule has 166 valence electrons. The van der Waals surface area contributed by atoms with Crippen LogP contribution < -0.4 is 0 Å². The molecule has 8 atom stereocenters. The average molecular weight is 403 g/mol. The van der Waals surface area contributed by atoms with Crippen molar-refractivity contribution in [2.75, 3.05) is 0 Å². The molecule has 4 aliphatic rings. The predicted molar refractivity (Wildman–Crippen MR) is 121 cm³/mol. The van der Waals surface area contributed by atoms with Crippen molar-refractivity contribution in [3.63, 3.8) is 0 Å². The number of aliphatic hydroxyl groups excluding tert-OH is 1. The van der Waals surface area contributed by atoms with E-state index in [4.69, 9.17) is 0 Å². The van der Waals surface area contributed by atoms with Crippen molar-refractivity contribution in [1.29, 1.82) is 0 Å². The van der Waals surface area contributed by atoms with Gasteiger partial charge in [0.15, 0.2) is 0 Å². The Morgan fingerprint density at radius 3 is 2.59 bits per heavy atom. The zero-order valence-corrected chi connectivity index (χ0v) is 19.7. The quantitative estimate of drug-likeness (QED) is 0.515. The van der Waals surface area contributed by atoms with E-state index in [2.05, 4.69) is 40.7 Å². The number of aliphatic hydroxyl groups is 2. The van der Waals surface area contributed by atoms with E-state index in [1.807, 2.05) is 0 Å². The summed E-state index contributed by atoms with van der Waals surface area (Å²) in [6, 6.07) is 0. The zero-order valence-electron chi connectivity index (χ0n) is 19.7. The van der Waals surface area contributed by atoms with Crippen LogP contribution in [0.15, 0.2) is 11.6 Å². The lowest BCUT2D eigenvalue weighted by atomic mass is 9.46. The van der Waals surface area contributed by atoms with Crippen molar-refractivity contribution in [3.05, 3.63) is 11.6 Å². The van der Waals surface area contributed by atoms with Crippen molar-refractivity contribution in [1.82, 2.24) is 0 Å². The van der Waals surface area contributed by atoms with E-state index in [1.165, 1.54) is 44.9 Å². The highest BCUT2D eigenvalue weighted by Gasteiger charge is 2.61. The molecule has 0 saturated heterocycles. The summed E-state index contributed by atoms with van der Waals surface area (Å²) in [4.78, 5) is 0. The van der Waals surface area contributed by atoms with Crippen LogP contribution in [0.1, 0.15) is 105 Å². The highest BCUT2D eigenvalue weighted by atomic mass is 16.3. The molecule has 29 heavy (non-hydrogen) atoms. The maximum atomic E-state index is 11.6. The first-order valence-corrected chi connectivity index (χ1v) is 12.7. The molecule has 4 rings (SSSR count). The molecule has 0 aromatic carbocycles. The Balaban J connectivity index is 1.53. The Morgan fingerprint density at radius 2 is 1.86 bits per heavy atom. The van der Waals surface area contributed by atoms with Crippen molar-refractivity contribution >= 4 is 0 Å². The predicted octanol–water partition coefficient (Wildman–Crippen LogP) is 6.50. The van der Waals surface area contributed by atoms with Gasteiger partial charge in [-0.1, -0.05) is 52.2 Å². The summed E-state index contributed by atoms with van der Waals surface area (Å²) in [7, 11) is 0. The van der Waals surface area contributed by atoms with Gasteiger partial charge in [0.25, 0.3) is 0 Å². The van der Waals surface area contributed by atoms with Crippen LogP contribution in [0.5, 0.6) is 0 Å². The minimum Gasteiger partial charge on any atom is -0.393 e. The highest BCUT2D eigenvalue weighted by molar-refractivity contribution is 5.25. The van der Waals surface area contributed by atoms with Gasteiger partial charge in [-0.2, -0.15) is 0 Å². The number of hydrogen-bond donors (Lipinski definition) is 2. The molecule has 0 radical (unpaired) electrons. The fourth-order valence-corrected chi connectivity index (χ4v) is 8.71. The van der Waals surface area contributed by atoms with E-state index in [0.29, 0.717) is 16.7 Å². The molecule has 0 heterocycles. The molecule has 2 nitrogen and oxygen atoms in total. The van der Waals surface area contributed by atoms with Gasteiger partial charge in [-0.3, -0.25) is 0 Å². The van der Waals surface area contributed by atoms with Crippen LogP contribution in [0.2, 0.25) is 0 Å². The van der Waals surface area contributed by atoms with Gasteiger partial charge in [-0.05, 0) is 105 Å². The van der Waals surface area contributed by atoms with Crippen LogP contribution in [0, 0.1) is 40.4 Å². The first-order chi connectivity index (χ1) is 13.6. The van der Waals surface area contributed by atoms with Gasteiger partial charge < -0.3 is 10.2 Å². The Bertz CT molecular complexity index is 634. The average Bonchev–Trinajstić information content (AvgIpc) is 3.00. The Morgan fingerprint density at radius 1 is 1.10 bits per heavy atom. The number of allylic oxidation sites excluding steroid dienone is 1. The summed E-state index contributed by atoms with van der Waals surface area (Å²) in [5, 5.41) is 21.8. The molecule has 0 spiro atoms. The maximum Gasteiger partial charge on any atom is 0.0653 e. The van der Waals surface area contributed by atoms with Crippen LogP contribution in [0.25, 0.3) is 0 Å². The number of rotatable bonds is 5. The molecule has 0 aromatic heterocycles. The van der Waals surface area contributed by atoms with E-state index >= 15 is 0 Å². The summed E-state index contributed by atoms with van der Waals surface area (Å²) in [5.74, 6) is 3.53. The van der Waals surface area contributed by atoms with Crippen LogP contribution in [0.3, 0.4) is 0 Å². The highest BCUT2D eigenvalue weighted by Crippen LogP contribution is 2.67. The molecule has 0 bridgehead atoms. The van der Waals surface area contributed by atoms with Crippen LogP contribution in [-0.4, -0.2) is 21.9 Å². The van der Waals surface area contributed by atoms with Gasteiger partial charge in [0.1, 0.15) is 0 Å². The van der Waals surface area contributed by atoms with Gasteiger partial charge in [-0.15, -0.1) is 0 Å². The Labute approximate surface area is 179 Å². The summed E-state index contributed by atoms with van der Waals surface area (Å²) in [6.45, 7) is 11.8. The molecule has 0 aromatic rings. The van der Waals surface area contributed by atoms with Gasteiger partial charge >= 0.3 is 0 Å². The minimum absolute atomic E-state index is 0.114. The first-order valence-electron chi connectivity index (χ1n) is 12.7. The number of fused-ring (bicyclic) bond motifs is 5. The lowest BCUT2D eigenvalue weighted by Crippen LogP contribution is -2.53. The van der Waals surface area contributed by atoms with Crippen molar-refractivity contribution in [2.24, 2.45) is 40.4 Å². The molecule has 0 aliphatic heterocycles. The maximum absolute atomic E-state index is 11.6. The van der Waals surface area contributed by atoms with E-state index in [1.54, 1.807) is 5.57 Å². The second-order valence-electron chi connectivity index (χ2n) is 12.5. The molecule has 2 N–H and O–H groups in total. The molecule has 0 amide bonds. The van der Waals surface area contributed by atoms with Gasteiger partial charge in [0, 0.05) is 0 Å². The van der Waals surface area contributed by atoms with E-state index in [0.717, 1.165) is 49.4 Å². The zero-order chi connectivity index (χ0) is 21.0. The van der Waals surface area contributed by atoms with Crippen molar-refractivity contribution in [2.45, 2.75) is 117 Å². The van der Waals surface area contributed by atoms with Gasteiger partial charge in [-0.25, -0.2) is 0 Å². The van der Waals surface area contributed by atoms with Crippen molar-refractivity contribution < 1.29 is 10.2 Å². The first kappa shape index (κ1) is 21.9. The topological polar surface area (TPSA) is 40.5 Å². The van der Waals surface area contributed by atoms with E-state index < -0.39 is 5.60 Å². The minimum atomic E-state index is -0.514. The van der Waals surface area contributed by atoms with Gasteiger partial charge in [0.2, 0.25) is 0 Å². The fraction of sp³-hybridized carbons (Fsp3) is 0.926. The van der Waals surface area contributed by atoms with Crippen molar-refractivity contribution in [3.8, 4) is 0 Å². The molecule has 3 fully saturated rings. The van der Waals surface area contributed by atoms with Gasteiger partial charge in [0.05, 0.1) is 11.7 Å². The lowest BCUT2D eigenvalue weighted by molar-refractivity contribution is -0.105. The third-order valence-corrected chi connectivity index (χ3v) is 10.3. The van der Waals surface area contributed by atoms with E-state index in [9.17, 15) is 10.2 Å². The SMILES string of the molecule is CC(C)CCC[C@](C)(O)[C@H]1CC[C@@H]2[C@H]3CC=C4C[C@@H](O)CC[C@]4(C)[C@@H]3CC[C@@]21C. The second kappa shape index (κ2) is 7.66. The third kappa shape index (κ3) is 3.65. The molecular weight excluding hydrogens is 356 g/mol. The summed E-state index contributed by atoms with van der Waals surface area (Å²) in [6.07, 6.45) is 15.2. The number of hydrogen-bond acceptors (Lipinski definition) is 2. The largest absolute Gasteiger partial charge is 0.393 e. The molecular formula is C27H46O2. The third-order valence-electron chi connectivity index (χ3n) is 10.3. The standard InChI is InChI=1S/C27H46O2/c1-18(2)7-6-14-27(5,29)24-11-10-22-21-9-8-19-17-20(28)12-15-25(19,3)23(21)13-16-26(22,24)4/h8,18,20-24,28-29H,6-7,9-17H2,1-5H3/t20-,21+,22+,23+,24-,25-,26-,27-/m0/s1. The smallest absolute Gasteiger partial charge is 0.0653 e. The molecule has 2 heteroatoms. The summed E-state index contributed by atoms with van der Waals surface area (Å²) >= 11 is 0. The normalized spacial score (nSPS) is 46.5. The Kier molecular flexibility index (Phi) is 5.78. The van der Waals surface area contributed by atoms with Crippen LogP contribution in [0.4, 0.5) is 0 Å². The summed E-state index contributed by atoms with van der Waals surface area (Å²) < 4.78 is 0. The Hall–Kier alpha value is -0.340. The monoisotopic (exact) mass is 402 g/mol. The van der Waals surface area contributed by atoms with E-state index in [-0.39, 0.29) is 6.10 Å². The molecule has 3 saturated carbocycles. The summed E-state index contributed by atoms with van der Waals surface area (Å²) in [5.41, 5.74) is 1.68. The van der Waals surface area contributed by atoms with Crippen LogP contribution >= 0.6 is 0 Å².